The summed E-state index contributed by atoms with van der Waals surface area (Å²) in [7, 11) is 1.60. The summed E-state index contributed by atoms with van der Waals surface area (Å²) in [6.45, 7) is 20.1. The molecular formula is C41H62O3. The van der Waals surface area contributed by atoms with Gasteiger partial charge in [-0.1, -0.05) is 131 Å². The minimum absolute atomic E-state index is 0.565. The SMILES string of the molecule is COC(C)(C)C(O)/C=C/C(C)=C/C=C/C(C)=C/C=C/C(C)=C/C=C/C=C(C)/C=C/C=C(\C)CC/C=C(\C)CCCC(C)(C)O. The Morgan fingerprint density at radius 2 is 1.09 bits per heavy atom. The Hall–Kier alpha value is -2.98. The molecule has 3 nitrogen and oxygen atoms in total. The third kappa shape index (κ3) is 23.5. The first-order valence-corrected chi connectivity index (χ1v) is 15.9. The molecule has 3 heteroatoms. The Kier molecular flexibility index (Phi) is 21.0. The lowest BCUT2D eigenvalue weighted by molar-refractivity contribution is -0.0562. The third-order valence-electron chi connectivity index (χ3n) is 7.18. The molecular weight excluding hydrogens is 540 g/mol. The van der Waals surface area contributed by atoms with Gasteiger partial charge in [0.05, 0.1) is 11.2 Å². The zero-order valence-corrected chi connectivity index (χ0v) is 29.7. The molecule has 0 aromatic rings. The van der Waals surface area contributed by atoms with E-state index in [0.717, 1.165) is 43.3 Å². The highest BCUT2D eigenvalue weighted by Crippen LogP contribution is 2.17. The summed E-state index contributed by atoms with van der Waals surface area (Å²) in [6.07, 6.45) is 37.6. The molecule has 1 unspecified atom stereocenters. The molecule has 0 spiro atoms. The number of hydrogen-bond acceptors (Lipinski definition) is 3. The van der Waals surface area contributed by atoms with Crippen LogP contribution in [0.15, 0.2) is 131 Å². The van der Waals surface area contributed by atoms with Crippen molar-refractivity contribution in [3.05, 3.63) is 131 Å². The van der Waals surface area contributed by atoms with E-state index in [9.17, 15) is 10.2 Å². The Morgan fingerprint density at radius 3 is 1.57 bits per heavy atom. The molecule has 0 bridgehead atoms. The maximum Gasteiger partial charge on any atom is 0.101 e. The van der Waals surface area contributed by atoms with Crippen molar-refractivity contribution < 1.29 is 14.9 Å². The highest BCUT2D eigenvalue weighted by atomic mass is 16.5. The predicted octanol–water partition coefficient (Wildman–Crippen LogP) is 11.0. The van der Waals surface area contributed by atoms with Gasteiger partial charge in [-0.25, -0.2) is 0 Å². The van der Waals surface area contributed by atoms with Crippen molar-refractivity contribution in [3.63, 3.8) is 0 Å². The fraction of sp³-hybridized carbons (Fsp3) is 0.463. The molecule has 244 valence electrons. The zero-order chi connectivity index (χ0) is 33.6. The first-order valence-electron chi connectivity index (χ1n) is 15.9. The van der Waals surface area contributed by atoms with Gasteiger partial charge in [0, 0.05) is 7.11 Å². The van der Waals surface area contributed by atoms with Gasteiger partial charge >= 0.3 is 0 Å². The largest absolute Gasteiger partial charge is 0.390 e. The van der Waals surface area contributed by atoms with Gasteiger partial charge in [0.15, 0.2) is 0 Å². The van der Waals surface area contributed by atoms with Gasteiger partial charge in [0.2, 0.25) is 0 Å². The maximum absolute atomic E-state index is 10.2. The summed E-state index contributed by atoms with van der Waals surface area (Å²) < 4.78 is 5.31. The van der Waals surface area contributed by atoms with Crippen molar-refractivity contribution in [2.45, 2.75) is 119 Å². The molecule has 0 aromatic heterocycles. The summed E-state index contributed by atoms with van der Waals surface area (Å²) in [5.74, 6) is 0. The van der Waals surface area contributed by atoms with Crippen LogP contribution >= 0.6 is 0 Å². The second kappa shape index (κ2) is 22.5. The summed E-state index contributed by atoms with van der Waals surface area (Å²) in [4.78, 5) is 0. The van der Waals surface area contributed by atoms with Crippen LogP contribution in [0.4, 0.5) is 0 Å². The molecule has 2 N–H and O–H groups in total. The Morgan fingerprint density at radius 1 is 0.636 bits per heavy atom. The molecule has 44 heavy (non-hydrogen) atoms. The van der Waals surface area contributed by atoms with Crippen LogP contribution in [0, 0.1) is 0 Å². The summed E-state index contributed by atoms with van der Waals surface area (Å²) in [5.41, 5.74) is 6.20. The van der Waals surface area contributed by atoms with Crippen LogP contribution < -0.4 is 0 Å². The monoisotopic (exact) mass is 602 g/mol. The Balaban J connectivity index is 4.70. The standard InChI is InChI=1S/C41H62O3/c1-33(21-14-23-35(3)25-16-27-37(5)29-18-32-40(7,8)43)19-12-13-20-34(2)22-15-24-36(4)26-17-28-38(6)30-31-39(42)41(9,10)44-11/h12-15,17,19-24,26-28,30-31,39,42-43H,16,18,25,29,32H2,1-11H3/b13-12+,21-14+,22-15+,26-17+,31-30+,33-19+,34-20+,35-23+,36-24+,37-27+,38-28+. The topological polar surface area (TPSA) is 49.7 Å². The number of aliphatic hydroxyl groups is 2. The van der Waals surface area contributed by atoms with Gasteiger partial charge in [-0.05, 0) is 101 Å². The number of hydrogen-bond donors (Lipinski definition) is 2. The van der Waals surface area contributed by atoms with Gasteiger partial charge in [0.1, 0.15) is 6.10 Å². The van der Waals surface area contributed by atoms with Crippen LogP contribution in [0.2, 0.25) is 0 Å². The van der Waals surface area contributed by atoms with Crippen LogP contribution in [0.5, 0.6) is 0 Å². The second-order valence-corrected chi connectivity index (χ2v) is 13.0. The van der Waals surface area contributed by atoms with Gasteiger partial charge in [-0.3, -0.25) is 0 Å². The van der Waals surface area contributed by atoms with E-state index in [0.29, 0.717) is 0 Å². The average Bonchev–Trinajstić information content (AvgIpc) is 2.93. The quantitative estimate of drug-likeness (QED) is 0.114. The lowest BCUT2D eigenvalue weighted by Gasteiger charge is -2.26. The summed E-state index contributed by atoms with van der Waals surface area (Å²) >= 11 is 0. The van der Waals surface area contributed by atoms with Crippen LogP contribution in [-0.4, -0.2) is 34.6 Å². The van der Waals surface area contributed by atoms with Crippen LogP contribution in [0.1, 0.15) is 101 Å². The van der Waals surface area contributed by atoms with E-state index in [1.165, 1.54) is 22.3 Å². The van der Waals surface area contributed by atoms with E-state index >= 15 is 0 Å². The van der Waals surface area contributed by atoms with E-state index in [-0.39, 0.29) is 0 Å². The van der Waals surface area contributed by atoms with Crippen molar-refractivity contribution in [1.29, 1.82) is 0 Å². The van der Waals surface area contributed by atoms with E-state index in [4.69, 9.17) is 4.74 Å². The average molecular weight is 603 g/mol. The smallest absolute Gasteiger partial charge is 0.101 e. The molecule has 0 saturated heterocycles. The van der Waals surface area contributed by atoms with E-state index < -0.39 is 17.3 Å². The van der Waals surface area contributed by atoms with Crippen molar-refractivity contribution in [3.8, 4) is 0 Å². The van der Waals surface area contributed by atoms with Gasteiger partial charge in [-0.15, -0.1) is 0 Å². The molecule has 0 radical (unpaired) electrons. The normalized spacial score (nSPS) is 16.7. The molecule has 0 aliphatic carbocycles. The van der Waals surface area contributed by atoms with Crippen molar-refractivity contribution in [2.75, 3.05) is 7.11 Å². The number of ether oxygens (including phenoxy) is 1. The molecule has 0 saturated carbocycles. The molecule has 0 fully saturated rings. The number of aliphatic hydroxyl groups excluding tert-OH is 1. The maximum atomic E-state index is 10.2. The lowest BCUT2D eigenvalue weighted by Crippen LogP contribution is -2.36. The Labute approximate surface area is 270 Å². The number of rotatable bonds is 19. The molecule has 1 atom stereocenters. The molecule has 0 rings (SSSR count). The highest BCUT2D eigenvalue weighted by molar-refractivity contribution is 5.32. The first kappa shape index (κ1) is 41.0. The van der Waals surface area contributed by atoms with Crippen molar-refractivity contribution >= 4 is 0 Å². The second-order valence-electron chi connectivity index (χ2n) is 13.0. The molecule has 0 aliphatic rings. The molecule has 0 amide bonds. The van der Waals surface area contributed by atoms with Crippen molar-refractivity contribution in [1.82, 2.24) is 0 Å². The minimum Gasteiger partial charge on any atom is -0.390 e. The van der Waals surface area contributed by atoms with Crippen LogP contribution in [-0.2, 0) is 4.74 Å². The molecule has 0 heterocycles. The first-order chi connectivity index (χ1) is 20.6. The van der Waals surface area contributed by atoms with E-state index in [2.05, 4.69) is 108 Å². The number of allylic oxidation sites excluding steroid dienone is 21. The third-order valence-corrected chi connectivity index (χ3v) is 7.18. The lowest BCUT2D eigenvalue weighted by atomic mass is 9.99. The fourth-order valence-corrected chi connectivity index (χ4v) is 3.83. The highest BCUT2D eigenvalue weighted by Gasteiger charge is 2.24. The van der Waals surface area contributed by atoms with Crippen LogP contribution in [0.25, 0.3) is 0 Å². The van der Waals surface area contributed by atoms with Gasteiger partial charge in [0.25, 0.3) is 0 Å². The summed E-state index contributed by atoms with van der Waals surface area (Å²) in [6, 6.07) is 0. The predicted molar refractivity (Wildman–Crippen MR) is 195 cm³/mol. The summed E-state index contributed by atoms with van der Waals surface area (Å²) in [5, 5.41) is 20.0. The van der Waals surface area contributed by atoms with E-state index in [1.807, 2.05) is 52.8 Å². The van der Waals surface area contributed by atoms with Crippen LogP contribution in [0.3, 0.4) is 0 Å². The molecule has 0 aliphatic heterocycles. The minimum atomic E-state index is -0.665. The number of methoxy groups -OCH3 is 1. The van der Waals surface area contributed by atoms with Crippen molar-refractivity contribution in [2.24, 2.45) is 0 Å². The molecule has 0 aromatic carbocycles. The van der Waals surface area contributed by atoms with Gasteiger partial charge in [-0.2, -0.15) is 0 Å². The van der Waals surface area contributed by atoms with Gasteiger partial charge < -0.3 is 14.9 Å². The Bertz CT molecular complexity index is 1180. The van der Waals surface area contributed by atoms with E-state index in [1.54, 1.807) is 13.2 Å². The fourth-order valence-electron chi connectivity index (χ4n) is 3.83. The zero-order valence-electron chi connectivity index (χ0n) is 29.7.